The number of nitrogens with one attached hydrogen (secondary N) is 1. The number of carbonyl (C=O) groups is 2. The van der Waals surface area contributed by atoms with Gasteiger partial charge in [0, 0.05) is 25.4 Å². The fraction of sp³-hybridized carbons (Fsp3) is 0.208. The summed E-state index contributed by atoms with van der Waals surface area (Å²) >= 11 is 0. The zero-order valence-electron chi connectivity index (χ0n) is 16.3. The largest absolute Gasteiger partial charge is 0.350 e. The molecule has 0 saturated heterocycles. The van der Waals surface area contributed by atoms with Gasteiger partial charge in [-0.25, -0.2) is 0 Å². The number of pyridine rings is 1. The van der Waals surface area contributed by atoms with Crippen molar-refractivity contribution in [3.63, 3.8) is 0 Å². The van der Waals surface area contributed by atoms with E-state index in [0.717, 1.165) is 22.5 Å². The maximum absolute atomic E-state index is 13.4. The Kier molecular flexibility index (Phi) is 5.12. The van der Waals surface area contributed by atoms with E-state index in [4.69, 9.17) is 0 Å². The second-order valence-corrected chi connectivity index (χ2v) is 7.40. The Hall–Kier alpha value is -3.47. The molecular weight excluding hydrogens is 362 g/mol. The minimum atomic E-state index is -0.916. The van der Waals surface area contributed by atoms with Crippen molar-refractivity contribution in [3.05, 3.63) is 95.8 Å². The molecule has 5 heteroatoms. The number of carbonyl (C=O) groups excluding carboxylic acids is 2. The Labute approximate surface area is 170 Å². The van der Waals surface area contributed by atoms with Crippen LogP contribution in [0.25, 0.3) is 0 Å². The van der Waals surface area contributed by atoms with E-state index in [1.54, 1.807) is 18.1 Å². The van der Waals surface area contributed by atoms with Crippen molar-refractivity contribution in [2.45, 2.75) is 24.8 Å². The number of amides is 2. The first-order valence-electron chi connectivity index (χ1n) is 9.68. The Balaban J connectivity index is 1.64. The highest BCUT2D eigenvalue weighted by molar-refractivity contribution is 6.09. The minimum absolute atomic E-state index is 0.0458. The number of benzene rings is 2. The van der Waals surface area contributed by atoms with E-state index >= 15 is 0 Å². The number of hydrogen-bond acceptors (Lipinski definition) is 3. The van der Waals surface area contributed by atoms with Crippen LogP contribution in [0.1, 0.15) is 23.2 Å². The van der Waals surface area contributed by atoms with Crippen LogP contribution in [0.3, 0.4) is 0 Å². The molecule has 0 spiro atoms. The van der Waals surface area contributed by atoms with E-state index in [9.17, 15) is 9.59 Å². The SMILES string of the molecule is CN1C(=O)[C@@](CC(=O)NCc2ccccn2)(Cc2ccccc2)c2ccccc21. The molecule has 0 saturated carbocycles. The Morgan fingerprint density at radius 2 is 1.72 bits per heavy atom. The van der Waals surface area contributed by atoms with Gasteiger partial charge in [-0.05, 0) is 35.7 Å². The lowest BCUT2D eigenvalue weighted by atomic mass is 9.73. The highest BCUT2D eigenvalue weighted by Gasteiger charge is 2.50. The van der Waals surface area contributed by atoms with Gasteiger partial charge in [0.05, 0.1) is 17.7 Å². The summed E-state index contributed by atoms with van der Waals surface area (Å²) in [5.41, 5.74) is 2.67. The molecule has 2 heterocycles. The highest BCUT2D eigenvalue weighted by Crippen LogP contribution is 2.45. The third kappa shape index (κ3) is 3.63. The van der Waals surface area contributed by atoms with Gasteiger partial charge in [0.15, 0.2) is 0 Å². The quantitative estimate of drug-likeness (QED) is 0.709. The summed E-state index contributed by atoms with van der Waals surface area (Å²) in [6, 6.07) is 23.2. The smallest absolute Gasteiger partial charge is 0.238 e. The fourth-order valence-corrected chi connectivity index (χ4v) is 4.09. The molecule has 5 nitrogen and oxygen atoms in total. The third-order valence-electron chi connectivity index (χ3n) is 5.50. The van der Waals surface area contributed by atoms with Crippen LogP contribution in [0, 0.1) is 0 Å². The van der Waals surface area contributed by atoms with Crippen LogP contribution in [-0.4, -0.2) is 23.8 Å². The van der Waals surface area contributed by atoms with Crippen molar-refractivity contribution >= 4 is 17.5 Å². The van der Waals surface area contributed by atoms with Crippen LogP contribution < -0.4 is 10.2 Å². The van der Waals surface area contributed by atoms with Crippen LogP contribution in [-0.2, 0) is 28.0 Å². The molecule has 0 aliphatic carbocycles. The molecule has 0 radical (unpaired) electrons. The summed E-state index contributed by atoms with van der Waals surface area (Å²) in [6.45, 7) is 0.340. The first-order valence-corrected chi connectivity index (χ1v) is 9.68. The lowest BCUT2D eigenvalue weighted by molar-refractivity contribution is -0.129. The van der Waals surface area contributed by atoms with E-state index in [1.165, 1.54) is 0 Å². The molecule has 29 heavy (non-hydrogen) atoms. The standard InChI is InChI=1S/C24H23N3O2/c1-27-21-13-6-5-12-20(21)24(23(27)29,15-18-9-3-2-4-10-18)16-22(28)26-17-19-11-7-8-14-25-19/h2-14H,15-17H2,1H3,(H,26,28)/t24-/m1/s1. The zero-order chi connectivity index (χ0) is 20.3. The van der Waals surface area contributed by atoms with Crippen LogP contribution in [0.5, 0.6) is 0 Å². The lowest BCUT2D eigenvalue weighted by Gasteiger charge is -2.28. The predicted molar refractivity (Wildman–Crippen MR) is 112 cm³/mol. The molecule has 146 valence electrons. The molecule has 1 aliphatic rings. The molecule has 1 atom stereocenters. The van der Waals surface area contributed by atoms with Crippen molar-refractivity contribution in [1.29, 1.82) is 0 Å². The van der Waals surface area contributed by atoms with Gasteiger partial charge >= 0.3 is 0 Å². The molecule has 2 amide bonds. The number of nitrogens with zero attached hydrogens (tertiary/aromatic N) is 2. The Morgan fingerprint density at radius 1 is 1.00 bits per heavy atom. The summed E-state index contributed by atoms with van der Waals surface area (Å²) in [5.74, 6) is -0.208. The second-order valence-electron chi connectivity index (χ2n) is 7.40. The first kappa shape index (κ1) is 18.9. The molecule has 4 rings (SSSR count). The summed E-state index contributed by atoms with van der Waals surface area (Å²) < 4.78 is 0. The van der Waals surface area contributed by atoms with Gasteiger partial charge in [-0.15, -0.1) is 0 Å². The lowest BCUT2D eigenvalue weighted by Crippen LogP contribution is -2.44. The van der Waals surface area contributed by atoms with Crippen LogP contribution in [0.15, 0.2) is 79.0 Å². The van der Waals surface area contributed by atoms with Crippen molar-refractivity contribution in [2.24, 2.45) is 0 Å². The Bertz CT molecular complexity index is 1020. The normalized spacial score (nSPS) is 17.8. The van der Waals surface area contributed by atoms with Gasteiger partial charge in [0.1, 0.15) is 0 Å². The predicted octanol–water partition coefficient (Wildman–Crippen LogP) is 3.25. The molecule has 0 bridgehead atoms. The summed E-state index contributed by atoms with van der Waals surface area (Å²) in [4.78, 5) is 32.3. The molecule has 2 aromatic carbocycles. The summed E-state index contributed by atoms with van der Waals surface area (Å²) in [6.07, 6.45) is 2.27. The van der Waals surface area contributed by atoms with E-state index < -0.39 is 5.41 Å². The molecule has 1 aromatic heterocycles. The van der Waals surface area contributed by atoms with E-state index in [1.807, 2.05) is 72.8 Å². The zero-order valence-corrected chi connectivity index (χ0v) is 16.3. The number of fused-ring (bicyclic) bond motifs is 1. The number of para-hydroxylation sites is 1. The van der Waals surface area contributed by atoms with Gasteiger partial charge in [-0.1, -0.05) is 54.6 Å². The average Bonchev–Trinajstić information content (AvgIpc) is 2.96. The monoisotopic (exact) mass is 385 g/mol. The summed E-state index contributed by atoms with van der Waals surface area (Å²) in [7, 11) is 1.78. The van der Waals surface area contributed by atoms with Crippen LogP contribution in [0.2, 0.25) is 0 Å². The minimum Gasteiger partial charge on any atom is -0.350 e. The first-order chi connectivity index (χ1) is 14.1. The van der Waals surface area contributed by atoms with Gasteiger partial charge in [0.2, 0.25) is 11.8 Å². The number of aromatic nitrogens is 1. The van der Waals surface area contributed by atoms with E-state index in [-0.39, 0.29) is 18.2 Å². The molecule has 1 N–H and O–H groups in total. The molecular formula is C24H23N3O2. The van der Waals surface area contributed by atoms with Crippen molar-refractivity contribution in [3.8, 4) is 0 Å². The highest BCUT2D eigenvalue weighted by atomic mass is 16.2. The summed E-state index contributed by atoms with van der Waals surface area (Å²) in [5, 5.41) is 2.93. The van der Waals surface area contributed by atoms with Gasteiger partial charge in [-0.2, -0.15) is 0 Å². The van der Waals surface area contributed by atoms with E-state index in [0.29, 0.717) is 13.0 Å². The molecule has 3 aromatic rings. The number of hydrogen-bond donors (Lipinski definition) is 1. The van der Waals surface area contributed by atoms with Crippen LogP contribution in [0.4, 0.5) is 5.69 Å². The van der Waals surface area contributed by atoms with Crippen molar-refractivity contribution < 1.29 is 9.59 Å². The van der Waals surface area contributed by atoms with E-state index in [2.05, 4.69) is 10.3 Å². The topological polar surface area (TPSA) is 62.3 Å². The van der Waals surface area contributed by atoms with Crippen molar-refractivity contribution in [2.75, 3.05) is 11.9 Å². The Morgan fingerprint density at radius 3 is 2.48 bits per heavy atom. The van der Waals surface area contributed by atoms with Crippen LogP contribution >= 0.6 is 0 Å². The number of anilines is 1. The molecule has 0 fully saturated rings. The second kappa shape index (κ2) is 7.87. The average molecular weight is 385 g/mol. The number of rotatable bonds is 6. The van der Waals surface area contributed by atoms with Gasteiger partial charge in [-0.3, -0.25) is 14.6 Å². The molecule has 1 aliphatic heterocycles. The molecule has 0 unspecified atom stereocenters. The fourth-order valence-electron chi connectivity index (χ4n) is 4.09. The van der Waals surface area contributed by atoms with Gasteiger partial charge in [0.25, 0.3) is 0 Å². The van der Waals surface area contributed by atoms with Crippen molar-refractivity contribution in [1.82, 2.24) is 10.3 Å². The van der Waals surface area contributed by atoms with Gasteiger partial charge < -0.3 is 10.2 Å². The maximum Gasteiger partial charge on any atom is 0.238 e. The third-order valence-corrected chi connectivity index (χ3v) is 5.50. The number of likely N-dealkylation sites (N-methyl/N-ethyl adjacent to an activating group) is 1. The maximum atomic E-state index is 13.4.